The van der Waals surface area contributed by atoms with Crippen LogP contribution in [-0.4, -0.2) is 48.6 Å². The van der Waals surface area contributed by atoms with Crippen LogP contribution in [0.1, 0.15) is 59.8 Å². The Bertz CT molecular complexity index is 450. The van der Waals surface area contributed by atoms with E-state index in [0.717, 1.165) is 19.0 Å². The Morgan fingerprint density at radius 1 is 1.17 bits per heavy atom. The van der Waals surface area contributed by atoms with Gasteiger partial charge in [-0.25, -0.2) is 0 Å². The zero-order valence-corrected chi connectivity index (χ0v) is 15.5. The van der Waals surface area contributed by atoms with Crippen LogP contribution in [0.15, 0.2) is 0 Å². The van der Waals surface area contributed by atoms with Gasteiger partial charge < -0.3 is 10.6 Å². The predicted molar refractivity (Wildman–Crippen MR) is 94.3 cm³/mol. The minimum atomic E-state index is -0.0303. The van der Waals surface area contributed by atoms with Crippen molar-refractivity contribution in [2.45, 2.75) is 71.4 Å². The molecule has 0 aromatic heterocycles. The molecule has 23 heavy (non-hydrogen) atoms. The highest BCUT2D eigenvalue weighted by atomic mass is 16.2. The first-order valence-electron chi connectivity index (χ1n) is 9.64. The number of likely N-dealkylation sites (N-methyl/N-ethyl adjacent to an activating group) is 1. The molecule has 0 radical (unpaired) electrons. The highest BCUT2D eigenvalue weighted by Gasteiger charge is 2.60. The van der Waals surface area contributed by atoms with Crippen molar-refractivity contribution in [3.05, 3.63) is 0 Å². The molecule has 3 aliphatic rings. The topological polar surface area (TPSA) is 44.4 Å². The molecule has 0 spiro atoms. The van der Waals surface area contributed by atoms with Gasteiger partial charge >= 0.3 is 0 Å². The van der Waals surface area contributed by atoms with Gasteiger partial charge in [0.15, 0.2) is 0 Å². The minimum Gasteiger partial charge on any atom is -0.349 e. The summed E-state index contributed by atoms with van der Waals surface area (Å²) in [6.45, 7) is 12.9. The molecule has 0 aromatic carbocycles. The summed E-state index contributed by atoms with van der Waals surface area (Å²) in [4.78, 5) is 15.0. The molecule has 2 saturated carbocycles. The second-order valence-corrected chi connectivity index (χ2v) is 8.73. The minimum absolute atomic E-state index is 0.0303. The molecule has 4 heteroatoms. The van der Waals surface area contributed by atoms with E-state index in [1.54, 1.807) is 0 Å². The first-order chi connectivity index (χ1) is 10.9. The van der Waals surface area contributed by atoms with E-state index in [1.165, 1.54) is 38.6 Å². The lowest BCUT2D eigenvalue weighted by atomic mass is 9.64. The summed E-state index contributed by atoms with van der Waals surface area (Å²) in [5.74, 6) is 1.62. The summed E-state index contributed by atoms with van der Waals surface area (Å²) in [7, 11) is 0. The molecule has 3 rings (SSSR count). The number of carbonyl (C=O) groups excluding carboxylic acids is 1. The summed E-state index contributed by atoms with van der Waals surface area (Å²) >= 11 is 0. The second kappa shape index (κ2) is 6.36. The van der Waals surface area contributed by atoms with Gasteiger partial charge in [-0.3, -0.25) is 9.69 Å². The Balaban J connectivity index is 1.48. The predicted octanol–water partition coefficient (Wildman–Crippen LogP) is 2.39. The van der Waals surface area contributed by atoms with Crippen molar-refractivity contribution in [2.24, 2.45) is 17.3 Å². The number of nitrogens with zero attached hydrogens (tertiary/aromatic N) is 1. The Morgan fingerprint density at radius 3 is 2.57 bits per heavy atom. The lowest BCUT2D eigenvalue weighted by molar-refractivity contribution is -0.124. The summed E-state index contributed by atoms with van der Waals surface area (Å²) in [5, 5.41) is 6.81. The van der Waals surface area contributed by atoms with Crippen LogP contribution < -0.4 is 10.6 Å². The summed E-state index contributed by atoms with van der Waals surface area (Å²) in [5.41, 5.74) is 0.188. The molecule has 4 nitrogen and oxygen atoms in total. The number of likely N-dealkylation sites (tertiary alicyclic amines) is 1. The highest BCUT2D eigenvalue weighted by molar-refractivity contribution is 5.79. The number of nitrogens with one attached hydrogen (secondary N) is 2. The number of rotatable bonds is 6. The molecular weight excluding hydrogens is 286 g/mol. The molecule has 2 aliphatic carbocycles. The molecule has 1 saturated heterocycles. The van der Waals surface area contributed by atoms with Crippen molar-refractivity contribution in [2.75, 3.05) is 26.2 Å². The van der Waals surface area contributed by atoms with E-state index in [0.29, 0.717) is 18.5 Å². The number of fused-ring (bicyclic) bond motifs is 2. The van der Waals surface area contributed by atoms with Crippen molar-refractivity contribution in [3.8, 4) is 0 Å². The molecule has 2 N–H and O–H groups in total. The summed E-state index contributed by atoms with van der Waals surface area (Å²) in [6, 6.07) is 0.613. The van der Waals surface area contributed by atoms with E-state index in [9.17, 15) is 4.79 Å². The molecule has 1 amide bonds. The molecule has 1 heterocycles. The van der Waals surface area contributed by atoms with E-state index in [2.05, 4.69) is 43.2 Å². The number of carbonyl (C=O) groups is 1. The zero-order chi connectivity index (χ0) is 16.7. The molecule has 3 fully saturated rings. The summed E-state index contributed by atoms with van der Waals surface area (Å²) < 4.78 is 0. The lowest BCUT2D eigenvalue weighted by Crippen LogP contribution is -2.60. The van der Waals surface area contributed by atoms with Gasteiger partial charge in [0.05, 0.1) is 6.54 Å². The van der Waals surface area contributed by atoms with Gasteiger partial charge in [-0.15, -0.1) is 0 Å². The van der Waals surface area contributed by atoms with Crippen LogP contribution in [0, 0.1) is 17.3 Å². The smallest absolute Gasteiger partial charge is 0.234 e. The van der Waals surface area contributed by atoms with Crippen LogP contribution in [0.5, 0.6) is 0 Å². The molecule has 132 valence electrons. The lowest BCUT2D eigenvalue weighted by Gasteiger charge is -2.48. The standard InChI is InChI=1S/C19H35N3O/c1-5-22-10-6-7-16(22)12-20-13-17(23)21-19(4)15-9-8-14(11-15)18(19,2)3/h14-16,20H,5-13H2,1-4H3,(H,21,23)/t14-,15+,16+,19+/m0/s1. The number of hydrogen-bond acceptors (Lipinski definition) is 3. The number of hydrogen-bond donors (Lipinski definition) is 2. The highest BCUT2D eigenvalue weighted by Crippen LogP contribution is 2.61. The van der Waals surface area contributed by atoms with Crippen molar-refractivity contribution < 1.29 is 4.79 Å². The fourth-order valence-electron chi connectivity index (χ4n) is 5.60. The van der Waals surface area contributed by atoms with Gasteiger partial charge in [-0.2, -0.15) is 0 Å². The van der Waals surface area contributed by atoms with Crippen molar-refractivity contribution in [3.63, 3.8) is 0 Å². The van der Waals surface area contributed by atoms with Gasteiger partial charge in [-0.05, 0) is 69.4 Å². The average molecular weight is 322 g/mol. The maximum atomic E-state index is 12.5. The Hall–Kier alpha value is -0.610. The molecular formula is C19H35N3O. The molecule has 1 aliphatic heterocycles. The van der Waals surface area contributed by atoms with Gasteiger partial charge in [0.1, 0.15) is 0 Å². The average Bonchev–Trinajstić information content (AvgIpc) is 3.18. The van der Waals surface area contributed by atoms with Gasteiger partial charge in [0.25, 0.3) is 0 Å². The molecule has 0 unspecified atom stereocenters. The first kappa shape index (κ1) is 17.2. The van der Waals surface area contributed by atoms with Crippen LogP contribution in [0.25, 0.3) is 0 Å². The third kappa shape index (κ3) is 2.93. The van der Waals surface area contributed by atoms with Crippen molar-refractivity contribution >= 4 is 5.91 Å². The Morgan fingerprint density at radius 2 is 1.91 bits per heavy atom. The fourth-order valence-corrected chi connectivity index (χ4v) is 5.60. The number of amides is 1. The van der Waals surface area contributed by atoms with Gasteiger partial charge in [0.2, 0.25) is 5.91 Å². The first-order valence-corrected chi connectivity index (χ1v) is 9.64. The maximum absolute atomic E-state index is 12.5. The Labute approximate surface area is 141 Å². The van der Waals surface area contributed by atoms with Crippen LogP contribution >= 0.6 is 0 Å². The summed E-state index contributed by atoms with van der Waals surface area (Å²) in [6.07, 6.45) is 6.48. The quantitative estimate of drug-likeness (QED) is 0.789. The molecule has 0 aromatic rings. The van der Waals surface area contributed by atoms with Crippen LogP contribution in [-0.2, 0) is 4.79 Å². The normalized spacial score (nSPS) is 39.0. The van der Waals surface area contributed by atoms with E-state index < -0.39 is 0 Å². The van der Waals surface area contributed by atoms with Crippen molar-refractivity contribution in [1.82, 2.24) is 15.5 Å². The van der Waals surface area contributed by atoms with Gasteiger partial charge in [0, 0.05) is 18.1 Å². The third-order valence-corrected chi connectivity index (χ3v) is 7.58. The van der Waals surface area contributed by atoms with Crippen LogP contribution in [0.3, 0.4) is 0 Å². The third-order valence-electron chi connectivity index (χ3n) is 7.58. The van der Waals surface area contributed by atoms with Crippen LogP contribution in [0.4, 0.5) is 0 Å². The maximum Gasteiger partial charge on any atom is 0.234 e. The van der Waals surface area contributed by atoms with Gasteiger partial charge in [-0.1, -0.05) is 20.8 Å². The fraction of sp³-hybridized carbons (Fsp3) is 0.947. The van der Waals surface area contributed by atoms with E-state index in [1.807, 2.05) is 0 Å². The monoisotopic (exact) mass is 321 g/mol. The second-order valence-electron chi connectivity index (χ2n) is 8.73. The van der Waals surface area contributed by atoms with Crippen LogP contribution in [0.2, 0.25) is 0 Å². The van der Waals surface area contributed by atoms with E-state index in [4.69, 9.17) is 0 Å². The van der Waals surface area contributed by atoms with Crippen molar-refractivity contribution in [1.29, 1.82) is 0 Å². The zero-order valence-electron chi connectivity index (χ0n) is 15.5. The Kier molecular flexibility index (Phi) is 4.76. The molecule has 2 bridgehead atoms. The van der Waals surface area contributed by atoms with E-state index in [-0.39, 0.29) is 16.9 Å². The SMILES string of the molecule is CCN1CCC[C@@H]1CNCC(=O)N[C@]1(C)[C@@H]2CC[C@@H](C2)C1(C)C. The largest absolute Gasteiger partial charge is 0.349 e. The molecule has 4 atom stereocenters. The van der Waals surface area contributed by atoms with E-state index >= 15 is 0 Å².